The summed E-state index contributed by atoms with van der Waals surface area (Å²) in [7, 11) is 0. The molecule has 2 nitrogen and oxygen atoms in total. The van der Waals surface area contributed by atoms with Crippen LogP contribution in [-0.2, 0) is 0 Å². The van der Waals surface area contributed by atoms with E-state index in [4.69, 9.17) is 0 Å². The van der Waals surface area contributed by atoms with Crippen LogP contribution >= 0.6 is 11.8 Å². The van der Waals surface area contributed by atoms with Gasteiger partial charge in [0.2, 0.25) is 0 Å². The van der Waals surface area contributed by atoms with E-state index in [1.165, 1.54) is 26.6 Å². The van der Waals surface area contributed by atoms with E-state index in [2.05, 4.69) is 66.5 Å². The summed E-state index contributed by atoms with van der Waals surface area (Å²) in [5, 5.41) is 3.42. The maximum atomic E-state index is 3.42. The van der Waals surface area contributed by atoms with Crippen molar-refractivity contribution in [3.8, 4) is 0 Å². The summed E-state index contributed by atoms with van der Waals surface area (Å²) in [6.45, 7) is 8.67. The van der Waals surface area contributed by atoms with Crippen LogP contribution in [0.4, 0.5) is 5.69 Å². The van der Waals surface area contributed by atoms with Crippen molar-refractivity contribution in [1.29, 1.82) is 0 Å². The first-order valence-electron chi connectivity index (χ1n) is 7.54. The van der Waals surface area contributed by atoms with Crippen LogP contribution in [0.15, 0.2) is 52.3 Å². The molecule has 0 unspecified atom stereocenters. The zero-order valence-electron chi connectivity index (χ0n) is 12.7. The minimum Gasteiger partial charge on any atom is -0.368 e. The molecule has 0 spiro atoms. The number of nitrogens with zero attached hydrogens (tertiary/aromatic N) is 1. The van der Waals surface area contributed by atoms with Crippen molar-refractivity contribution in [2.45, 2.75) is 31.1 Å². The van der Waals surface area contributed by atoms with E-state index < -0.39 is 0 Å². The largest absolute Gasteiger partial charge is 0.368 e. The van der Waals surface area contributed by atoms with E-state index >= 15 is 0 Å². The highest BCUT2D eigenvalue weighted by molar-refractivity contribution is 7.99. The number of anilines is 1. The third-order valence-electron chi connectivity index (χ3n) is 3.87. The van der Waals surface area contributed by atoms with Crippen LogP contribution in [-0.4, -0.2) is 26.2 Å². The van der Waals surface area contributed by atoms with Crippen molar-refractivity contribution in [3.63, 3.8) is 0 Å². The number of para-hydroxylation sites is 1. The van der Waals surface area contributed by atoms with E-state index in [0.29, 0.717) is 0 Å². The van der Waals surface area contributed by atoms with Gasteiger partial charge in [0.15, 0.2) is 0 Å². The summed E-state index contributed by atoms with van der Waals surface area (Å²) >= 11 is 1.88. The standard InChI is InChI=1S/C18H22N2S.CH4/c1-14-7-8-17(15(2)13-14)21-18-6-4-3-5-16(18)20-11-9-19-10-12-20;/h3-8,13,19H,9-12H2,1-2H3;1H4. The first-order valence-corrected chi connectivity index (χ1v) is 8.35. The van der Waals surface area contributed by atoms with Crippen LogP contribution in [0.25, 0.3) is 0 Å². The highest BCUT2D eigenvalue weighted by Gasteiger charge is 2.14. The molecule has 1 aliphatic heterocycles. The Morgan fingerprint density at radius 2 is 1.68 bits per heavy atom. The highest BCUT2D eigenvalue weighted by Crippen LogP contribution is 2.37. The van der Waals surface area contributed by atoms with Gasteiger partial charge in [-0.2, -0.15) is 0 Å². The second-order valence-corrected chi connectivity index (χ2v) is 6.66. The number of hydrogen-bond donors (Lipinski definition) is 1. The van der Waals surface area contributed by atoms with Gasteiger partial charge in [-0.05, 0) is 37.6 Å². The van der Waals surface area contributed by atoms with E-state index in [9.17, 15) is 0 Å². The molecular weight excluding hydrogens is 288 g/mol. The smallest absolute Gasteiger partial charge is 0.0508 e. The summed E-state index contributed by atoms with van der Waals surface area (Å²) in [5.41, 5.74) is 4.05. The maximum Gasteiger partial charge on any atom is 0.0508 e. The molecule has 1 saturated heterocycles. The highest BCUT2D eigenvalue weighted by atomic mass is 32.2. The van der Waals surface area contributed by atoms with Crippen molar-refractivity contribution >= 4 is 17.4 Å². The minimum absolute atomic E-state index is 0. The SMILES string of the molecule is C.Cc1ccc(Sc2ccccc2N2CCNCC2)c(C)c1. The molecule has 2 aromatic carbocycles. The van der Waals surface area contributed by atoms with Crippen LogP contribution in [0, 0.1) is 13.8 Å². The Bertz CT molecular complexity index is 619. The Balaban J connectivity index is 0.00000176. The molecule has 0 amide bonds. The molecule has 0 aromatic heterocycles. The third-order valence-corrected chi connectivity index (χ3v) is 5.12. The molecule has 1 fully saturated rings. The van der Waals surface area contributed by atoms with Crippen LogP contribution in [0.2, 0.25) is 0 Å². The van der Waals surface area contributed by atoms with Gasteiger partial charge in [-0.15, -0.1) is 0 Å². The van der Waals surface area contributed by atoms with Crippen molar-refractivity contribution < 1.29 is 0 Å². The average molecular weight is 314 g/mol. The van der Waals surface area contributed by atoms with Gasteiger partial charge in [0.1, 0.15) is 0 Å². The molecule has 3 rings (SSSR count). The monoisotopic (exact) mass is 314 g/mol. The first kappa shape index (κ1) is 16.9. The van der Waals surface area contributed by atoms with Gasteiger partial charge in [0.05, 0.1) is 5.69 Å². The lowest BCUT2D eigenvalue weighted by atomic mass is 10.2. The first-order chi connectivity index (χ1) is 10.2. The molecule has 0 bridgehead atoms. The summed E-state index contributed by atoms with van der Waals surface area (Å²) < 4.78 is 0. The van der Waals surface area contributed by atoms with Crippen molar-refractivity contribution in [2.75, 3.05) is 31.1 Å². The average Bonchev–Trinajstić information content (AvgIpc) is 2.51. The molecule has 0 saturated carbocycles. The molecule has 0 atom stereocenters. The lowest BCUT2D eigenvalue weighted by Gasteiger charge is -2.31. The fraction of sp³-hybridized carbons (Fsp3) is 0.368. The molecule has 0 radical (unpaired) electrons. The normalized spacial score (nSPS) is 14.5. The third kappa shape index (κ3) is 3.84. The number of rotatable bonds is 3. The Morgan fingerprint density at radius 3 is 2.41 bits per heavy atom. The Hall–Kier alpha value is -1.45. The van der Waals surface area contributed by atoms with Crippen LogP contribution in [0.5, 0.6) is 0 Å². The maximum absolute atomic E-state index is 3.42. The van der Waals surface area contributed by atoms with Crippen molar-refractivity contribution in [1.82, 2.24) is 5.32 Å². The number of piperazine rings is 1. The van der Waals surface area contributed by atoms with E-state index in [1.807, 2.05) is 11.8 Å². The van der Waals surface area contributed by atoms with Gasteiger partial charge < -0.3 is 10.2 Å². The summed E-state index contributed by atoms with van der Waals surface area (Å²) in [4.78, 5) is 5.19. The molecule has 118 valence electrons. The molecule has 1 heterocycles. The van der Waals surface area contributed by atoms with Gasteiger partial charge in [0.25, 0.3) is 0 Å². The fourth-order valence-electron chi connectivity index (χ4n) is 2.74. The number of hydrogen-bond acceptors (Lipinski definition) is 3. The second kappa shape index (κ2) is 7.70. The summed E-state index contributed by atoms with van der Waals surface area (Å²) in [6.07, 6.45) is 0. The van der Waals surface area contributed by atoms with Gasteiger partial charge >= 0.3 is 0 Å². The van der Waals surface area contributed by atoms with Crippen LogP contribution in [0.3, 0.4) is 0 Å². The van der Waals surface area contributed by atoms with Crippen LogP contribution in [0.1, 0.15) is 18.6 Å². The predicted octanol–water partition coefficient (Wildman–Crippen LogP) is 4.50. The minimum atomic E-state index is 0. The molecule has 0 aliphatic carbocycles. The van der Waals surface area contributed by atoms with Gasteiger partial charge in [-0.25, -0.2) is 0 Å². The van der Waals surface area contributed by atoms with E-state index in [-0.39, 0.29) is 7.43 Å². The second-order valence-electron chi connectivity index (χ2n) is 5.58. The van der Waals surface area contributed by atoms with Crippen molar-refractivity contribution in [2.24, 2.45) is 0 Å². The van der Waals surface area contributed by atoms with Gasteiger partial charge in [-0.3, -0.25) is 0 Å². The molecule has 1 aliphatic rings. The molecule has 22 heavy (non-hydrogen) atoms. The van der Waals surface area contributed by atoms with Gasteiger partial charge in [-0.1, -0.05) is 49.0 Å². The Kier molecular flexibility index (Phi) is 5.92. The topological polar surface area (TPSA) is 15.3 Å². The Morgan fingerprint density at radius 1 is 0.955 bits per heavy atom. The molecule has 1 N–H and O–H groups in total. The lowest BCUT2D eigenvalue weighted by Crippen LogP contribution is -2.43. The lowest BCUT2D eigenvalue weighted by molar-refractivity contribution is 0.587. The number of aryl methyl sites for hydroxylation is 2. The number of nitrogens with one attached hydrogen (secondary N) is 1. The molecular formula is C19H26N2S. The fourth-order valence-corrected chi connectivity index (χ4v) is 3.78. The van der Waals surface area contributed by atoms with E-state index in [1.54, 1.807) is 0 Å². The van der Waals surface area contributed by atoms with Crippen LogP contribution < -0.4 is 10.2 Å². The number of benzene rings is 2. The molecule has 2 aromatic rings. The summed E-state index contributed by atoms with van der Waals surface area (Å²) in [5.74, 6) is 0. The molecule has 3 heteroatoms. The van der Waals surface area contributed by atoms with Crippen molar-refractivity contribution in [3.05, 3.63) is 53.6 Å². The summed E-state index contributed by atoms with van der Waals surface area (Å²) in [6, 6.07) is 15.5. The van der Waals surface area contributed by atoms with Gasteiger partial charge in [0, 0.05) is 36.0 Å². The predicted molar refractivity (Wildman–Crippen MR) is 98.3 cm³/mol. The zero-order chi connectivity index (χ0) is 14.7. The Labute approximate surface area is 138 Å². The zero-order valence-corrected chi connectivity index (χ0v) is 13.5. The van der Waals surface area contributed by atoms with E-state index in [0.717, 1.165) is 26.2 Å². The quantitative estimate of drug-likeness (QED) is 0.898.